The van der Waals surface area contributed by atoms with Crippen molar-refractivity contribution in [2.75, 3.05) is 18.4 Å². The molecule has 0 spiro atoms. The molecule has 1 amide bonds. The summed E-state index contributed by atoms with van der Waals surface area (Å²) in [5, 5.41) is 12.5. The van der Waals surface area contributed by atoms with E-state index in [1.165, 1.54) is 10.4 Å². The van der Waals surface area contributed by atoms with Crippen molar-refractivity contribution in [1.29, 1.82) is 0 Å². The number of amides is 1. The number of hydrogen-bond acceptors (Lipinski definition) is 4. The molecule has 144 valence electrons. The van der Waals surface area contributed by atoms with E-state index in [4.69, 9.17) is 0 Å². The molecule has 1 aliphatic heterocycles. The molecule has 2 aromatic rings. The standard InChI is InChI=1S/C20H24N2O4S/c23-19-10-3-2-7-16(19)11-12-20(24)21-17-8-6-9-18(15-17)27(25,26)22-13-4-1-5-14-22/h2-3,6-10,15,23H,1,4-5,11-14H2,(H,21,24). The number of carbonyl (C=O) groups excluding carboxylic acids is 1. The van der Waals surface area contributed by atoms with Crippen molar-refractivity contribution in [3.05, 3.63) is 54.1 Å². The van der Waals surface area contributed by atoms with E-state index in [2.05, 4.69) is 5.32 Å². The molecule has 0 radical (unpaired) electrons. The Morgan fingerprint density at radius 2 is 1.78 bits per heavy atom. The van der Waals surface area contributed by atoms with Crippen LogP contribution in [0.3, 0.4) is 0 Å². The predicted molar refractivity (Wildman–Crippen MR) is 104 cm³/mol. The van der Waals surface area contributed by atoms with E-state index in [9.17, 15) is 18.3 Å². The van der Waals surface area contributed by atoms with E-state index >= 15 is 0 Å². The van der Waals surface area contributed by atoms with Gasteiger partial charge in [-0.05, 0) is 49.1 Å². The molecular formula is C20H24N2O4S. The Labute approximate surface area is 159 Å². The highest BCUT2D eigenvalue weighted by Crippen LogP contribution is 2.23. The molecule has 27 heavy (non-hydrogen) atoms. The first-order valence-electron chi connectivity index (χ1n) is 9.14. The number of para-hydroxylation sites is 1. The number of rotatable bonds is 6. The summed E-state index contributed by atoms with van der Waals surface area (Å²) < 4.78 is 27.0. The monoisotopic (exact) mass is 388 g/mol. The lowest BCUT2D eigenvalue weighted by atomic mass is 10.1. The number of aryl methyl sites for hydroxylation is 1. The first kappa shape index (κ1) is 19.4. The highest BCUT2D eigenvalue weighted by molar-refractivity contribution is 7.89. The van der Waals surface area contributed by atoms with Crippen LogP contribution in [0, 0.1) is 0 Å². The lowest BCUT2D eigenvalue weighted by Crippen LogP contribution is -2.35. The molecule has 0 atom stereocenters. The third kappa shape index (κ3) is 4.87. The van der Waals surface area contributed by atoms with E-state index in [0.717, 1.165) is 19.3 Å². The van der Waals surface area contributed by atoms with E-state index in [-0.39, 0.29) is 23.0 Å². The second-order valence-corrected chi connectivity index (χ2v) is 8.61. The largest absolute Gasteiger partial charge is 0.508 e. The van der Waals surface area contributed by atoms with Gasteiger partial charge in [-0.2, -0.15) is 4.31 Å². The molecular weight excluding hydrogens is 364 g/mol. The van der Waals surface area contributed by atoms with Gasteiger partial charge >= 0.3 is 0 Å². The maximum atomic E-state index is 12.8. The van der Waals surface area contributed by atoms with Crippen LogP contribution >= 0.6 is 0 Å². The molecule has 7 heteroatoms. The van der Waals surface area contributed by atoms with Gasteiger partial charge in [0.15, 0.2) is 0 Å². The fourth-order valence-corrected chi connectivity index (χ4v) is 4.75. The highest BCUT2D eigenvalue weighted by atomic mass is 32.2. The molecule has 0 bridgehead atoms. The van der Waals surface area contributed by atoms with Gasteiger partial charge in [0.05, 0.1) is 4.90 Å². The minimum atomic E-state index is -3.53. The number of carbonyl (C=O) groups is 1. The smallest absolute Gasteiger partial charge is 0.243 e. The molecule has 0 aliphatic carbocycles. The second-order valence-electron chi connectivity index (χ2n) is 6.67. The van der Waals surface area contributed by atoms with Crippen LogP contribution in [0.1, 0.15) is 31.2 Å². The number of nitrogens with one attached hydrogen (secondary N) is 1. The van der Waals surface area contributed by atoms with Crippen LogP contribution in [-0.4, -0.2) is 36.8 Å². The molecule has 1 heterocycles. The van der Waals surface area contributed by atoms with Crippen molar-refractivity contribution in [3.8, 4) is 5.75 Å². The van der Waals surface area contributed by atoms with Gasteiger partial charge in [0, 0.05) is 25.2 Å². The summed E-state index contributed by atoms with van der Waals surface area (Å²) >= 11 is 0. The number of anilines is 1. The van der Waals surface area contributed by atoms with Crippen molar-refractivity contribution < 1.29 is 18.3 Å². The third-order valence-corrected chi connectivity index (χ3v) is 6.58. The minimum Gasteiger partial charge on any atom is -0.508 e. The number of benzene rings is 2. The van der Waals surface area contributed by atoms with Gasteiger partial charge in [0.2, 0.25) is 15.9 Å². The molecule has 2 aromatic carbocycles. The number of phenols is 1. The predicted octanol–water partition coefficient (Wildman–Crippen LogP) is 3.14. The van der Waals surface area contributed by atoms with E-state index < -0.39 is 10.0 Å². The van der Waals surface area contributed by atoms with Crippen LogP contribution in [0.25, 0.3) is 0 Å². The first-order valence-corrected chi connectivity index (χ1v) is 10.6. The first-order chi connectivity index (χ1) is 13.0. The lowest BCUT2D eigenvalue weighted by molar-refractivity contribution is -0.116. The Hall–Kier alpha value is -2.38. The van der Waals surface area contributed by atoms with Gasteiger partial charge in [-0.25, -0.2) is 8.42 Å². The Balaban J connectivity index is 1.65. The summed E-state index contributed by atoms with van der Waals surface area (Å²) in [5.74, 6) is -0.0642. The number of aromatic hydroxyl groups is 1. The van der Waals surface area contributed by atoms with Crippen molar-refractivity contribution in [2.45, 2.75) is 37.0 Å². The van der Waals surface area contributed by atoms with Crippen LogP contribution in [0.5, 0.6) is 5.75 Å². The molecule has 3 rings (SSSR count). The summed E-state index contributed by atoms with van der Waals surface area (Å²) in [6, 6.07) is 13.3. The van der Waals surface area contributed by atoms with Crippen LogP contribution < -0.4 is 5.32 Å². The zero-order chi connectivity index (χ0) is 19.3. The molecule has 1 aliphatic rings. The number of sulfonamides is 1. The van der Waals surface area contributed by atoms with Crippen LogP contribution in [0.2, 0.25) is 0 Å². The number of hydrogen-bond donors (Lipinski definition) is 2. The summed E-state index contributed by atoms with van der Waals surface area (Å²) in [6.07, 6.45) is 3.41. The zero-order valence-electron chi connectivity index (χ0n) is 15.1. The van der Waals surface area contributed by atoms with Crippen molar-refractivity contribution in [2.24, 2.45) is 0 Å². The molecule has 0 unspecified atom stereocenters. The third-order valence-electron chi connectivity index (χ3n) is 4.68. The van der Waals surface area contributed by atoms with Gasteiger partial charge in [-0.15, -0.1) is 0 Å². The Morgan fingerprint density at radius 1 is 1.04 bits per heavy atom. The summed E-state index contributed by atoms with van der Waals surface area (Å²) in [6.45, 7) is 1.08. The maximum absolute atomic E-state index is 12.8. The number of piperidine rings is 1. The van der Waals surface area contributed by atoms with Gasteiger partial charge in [-0.3, -0.25) is 4.79 Å². The van der Waals surface area contributed by atoms with Crippen molar-refractivity contribution in [3.63, 3.8) is 0 Å². The molecule has 0 saturated carbocycles. The topological polar surface area (TPSA) is 86.7 Å². The fourth-order valence-electron chi connectivity index (χ4n) is 3.18. The minimum absolute atomic E-state index is 0.167. The number of nitrogens with zero attached hydrogens (tertiary/aromatic N) is 1. The SMILES string of the molecule is O=C(CCc1ccccc1O)Nc1cccc(S(=O)(=O)N2CCCCC2)c1. The average Bonchev–Trinajstić information content (AvgIpc) is 2.68. The fraction of sp³-hybridized carbons (Fsp3) is 0.350. The number of phenolic OH excluding ortho intramolecular Hbond substituents is 1. The average molecular weight is 388 g/mol. The maximum Gasteiger partial charge on any atom is 0.243 e. The molecule has 0 aromatic heterocycles. The highest BCUT2D eigenvalue weighted by Gasteiger charge is 2.26. The summed E-state index contributed by atoms with van der Waals surface area (Å²) in [4.78, 5) is 12.4. The Bertz CT molecular complexity index is 906. The van der Waals surface area contributed by atoms with E-state index in [0.29, 0.717) is 30.8 Å². The van der Waals surface area contributed by atoms with Gasteiger partial charge < -0.3 is 10.4 Å². The Kier molecular flexibility index (Phi) is 6.13. The second kappa shape index (κ2) is 8.54. The van der Waals surface area contributed by atoms with Crippen LogP contribution in [0.15, 0.2) is 53.4 Å². The van der Waals surface area contributed by atoms with Crippen LogP contribution in [-0.2, 0) is 21.2 Å². The van der Waals surface area contributed by atoms with Gasteiger partial charge in [0.1, 0.15) is 5.75 Å². The van der Waals surface area contributed by atoms with E-state index in [1.54, 1.807) is 36.4 Å². The normalized spacial score (nSPS) is 15.4. The molecule has 2 N–H and O–H groups in total. The quantitative estimate of drug-likeness (QED) is 0.796. The van der Waals surface area contributed by atoms with Crippen molar-refractivity contribution in [1.82, 2.24) is 4.31 Å². The van der Waals surface area contributed by atoms with E-state index in [1.807, 2.05) is 6.07 Å². The molecule has 6 nitrogen and oxygen atoms in total. The van der Waals surface area contributed by atoms with Gasteiger partial charge in [0.25, 0.3) is 0 Å². The summed E-state index contributed by atoms with van der Waals surface area (Å²) in [5.41, 5.74) is 1.16. The Morgan fingerprint density at radius 3 is 2.52 bits per heavy atom. The lowest BCUT2D eigenvalue weighted by Gasteiger charge is -2.26. The molecule has 1 fully saturated rings. The zero-order valence-corrected chi connectivity index (χ0v) is 15.9. The van der Waals surface area contributed by atoms with Gasteiger partial charge in [-0.1, -0.05) is 30.7 Å². The summed E-state index contributed by atoms with van der Waals surface area (Å²) in [7, 11) is -3.53. The van der Waals surface area contributed by atoms with Crippen molar-refractivity contribution >= 4 is 21.6 Å². The molecule has 1 saturated heterocycles. The van der Waals surface area contributed by atoms with Crippen LogP contribution in [0.4, 0.5) is 5.69 Å².